The van der Waals surface area contributed by atoms with Crippen LogP contribution < -0.4 is 10.0 Å². The molecule has 0 spiro atoms. The summed E-state index contributed by atoms with van der Waals surface area (Å²) in [5.74, 6) is -3.90. The molecule has 2 aliphatic rings. The Morgan fingerprint density at radius 2 is 1.90 bits per heavy atom. The SMILES string of the molecule is COC(=O)CNS(=O)(=O)[C@H]1CC[C@H](C2=C(C(=O)OC)C(c3ccc(F)c(F)c3Cl)N=C(c3nccs3)N2)CC1. The Kier molecular flexibility index (Phi) is 8.99. The van der Waals surface area contributed by atoms with Gasteiger partial charge < -0.3 is 14.8 Å². The van der Waals surface area contributed by atoms with Crippen molar-refractivity contribution in [1.29, 1.82) is 0 Å². The number of nitrogens with one attached hydrogen (secondary N) is 2. The number of carbonyl (C=O) groups is 2. The summed E-state index contributed by atoms with van der Waals surface area (Å²) in [6, 6.07) is 1.03. The summed E-state index contributed by atoms with van der Waals surface area (Å²) >= 11 is 7.46. The van der Waals surface area contributed by atoms with Crippen molar-refractivity contribution in [3.05, 3.63) is 62.2 Å². The van der Waals surface area contributed by atoms with Gasteiger partial charge in [0.15, 0.2) is 22.5 Å². The van der Waals surface area contributed by atoms with E-state index in [1.807, 2.05) is 0 Å². The number of hydrogen-bond acceptors (Lipinski definition) is 10. The molecule has 2 heterocycles. The Morgan fingerprint density at radius 1 is 1.18 bits per heavy atom. The Balaban J connectivity index is 1.71. The lowest BCUT2D eigenvalue weighted by Gasteiger charge is -2.35. The summed E-state index contributed by atoms with van der Waals surface area (Å²) in [5, 5.41) is 4.12. The number of hydrogen-bond donors (Lipinski definition) is 2. The van der Waals surface area contributed by atoms with Crippen molar-refractivity contribution in [3.63, 3.8) is 0 Å². The minimum absolute atomic E-state index is 0.0563. The molecule has 210 valence electrons. The van der Waals surface area contributed by atoms with Gasteiger partial charge in [0.25, 0.3) is 0 Å². The van der Waals surface area contributed by atoms with Crippen LogP contribution >= 0.6 is 22.9 Å². The van der Waals surface area contributed by atoms with E-state index in [0.717, 1.165) is 13.2 Å². The van der Waals surface area contributed by atoms with E-state index in [1.54, 1.807) is 11.6 Å². The first-order chi connectivity index (χ1) is 18.6. The molecule has 0 bridgehead atoms. The van der Waals surface area contributed by atoms with E-state index in [9.17, 15) is 26.8 Å². The maximum Gasteiger partial charge on any atom is 0.338 e. The first kappa shape index (κ1) is 29.1. The number of halogens is 3. The highest BCUT2D eigenvalue weighted by molar-refractivity contribution is 7.90. The van der Waals surface area contributed by atoms with Crippen LogP contribution in [0.1, 0.15) is 42.3 Å². The Bertz CT molecular complexity index is 1420. The quantitative estimate of drug-likeness (QED) is 0.347. The third-order valence-electron chi connectivity index (χ3n) is 6.64. The zero-order valence-corrected chi connectivity index (χ0v) is 23.3. The number of esters is 2. The van der Waals surface area contributed by atoms with Crippen LogP contribution in [0.15, 0.2) is 40.0 Å². The number of allylic oxidation sites excluding steroid dienone is 1. The van der Waals surface area contributed by atoms with Crippen molar-refractivity contribution in [2.24, 2.45) is 10.9 Å². The Morgan fingerprint density at radius 3 is 2.51 bits per heavy atom. The summed E-state index contributed by atoms with van der Waals surface area (Å²) in [6.07, 6.45) is 2.76. The predicted octanol–water partition coefficient (Wildman–Crippen LogP) is 3.24. The minimum atomic E-state index is -3.80. The van der Waals surface area contributed by atoms with E-state index in [1.165, 1.54) is 24.5 Å². The number of sulfonamides is 1. The molecule has 1 unspecified atom stereocenters. The second-order valence-corrected chi connectivity index (χ2v) is 12.2. The van der Waals surface area contributed by atoms with Gasteiger partial charge in [-0.05, 0) is 37.7 Å². The maximum atomic E-state index is 14.5. The van der Waals surface area contributed by atoms with Crippen LogP contribution in [-0.4, -0.2) is 57.2 Å². The van der Waals surface area contributed by atoms with Gasteiger partial charge in [0, 0.05) is 22.8 Å². The van der Waals surface area contributed by atoms with Crippen molar-refractivity contribution in [2.45, 2.75) is 37.0 Å². The first-order valence-corrected chi connectivity index (χ1v) is 14.6. The number of rotatable bonds is 8. The molecule has 2 aromatic rings. The smallest absolute Gasteiger partial charge is 0.338 e. The fourth-order valence-electron chi connectivity index (χ4n) is 4.66. The number of ether oxygens (including phenoxy) is 2. The molecule has 1 atom stereocenters. The number of thiazole rings is 1. The van der Waals surface area contributed by atoms with E-state index in [-0.39, 0.29) is 29.9 Å². The van der Waals surface area contributed by atoms with Crippen LogP contribution in [0.25, 0.3) is 0 Å². The number of aromatic nitrogens is 1. The third-order valence-corrected chi connectivity index (χ3v) is 9.70. The van der Waals surface area contributed by atoms with Crippen LogP contribution in [0.5, 0.6) is 0 Å². The number of aliphatic imine (C=N–C) groups is 1. The zero-order valence-electron chi connectivity index (χ0n) is 20.9. The standard InChI is InChI=1S/C24H25ClF2N4O6S2/c1-36-16(32)11-29-39(34,35)13-5-3-12(4-6-13)20-17(24(33)37-2)21(14-7-8-15(26)19(27)18(14)25)31-22(30-20)23-28-9-10-38-23/h7-10,12-13,21,29H,3-6,11H2,1-2H3,(H,30,31)/t12-,13-,21?. The van der Waals surface area contributed by atoms with Crippen molar-refractivity contribution in [2.75, 3.05) is 20.8 Å². The van der Waals surface area contributed by atoms with E-state index in [2.05, 4.69) is 24.8 Å². The van der Waals surface area contributed by atoms with Gasteiger partial charge >= 0.3 is 11.9 Å². The van der Waals surface area contributed by atoms with Gasteiger partial charge in [0.1, 0.15) is 12.6 Å². The normalized spacial score (nSPS) is 21.7. The van der Waals surface area contributed by atoms with Gasteiger partial charge in [-0.25, -0.2) is 31.7 Å². The molecule has 1 saturated carbocycles. The largest absolute Gasteiger partial charge is 0.468 e. The summed E-state index contributed by atoms with van der Waals surface area (Å²) < 4.78 is 65.6. The summed E-state index contributed by atoms with van der Waals surface area (Å²) in [7, 11) is -1.45. The number of nitrogens with zero attached hydrogens (tertiary/aromatic N) is 2. The summed E-state index contributed by atoms with van der Waals surface area (Å²) in [4.78, 5) is 33.4. The van der Waals surface area contributed by atoms with Gasteiger partial charge in [-0.15, -0.1) is 11.3 Å². The topological polar surface area (TPSA) is 136 Å². The molecule has 1 aliphatic heterocycles. The molecule has 1 aromatic heterocycles. The van der Waals surface area contributed by atoms with Crippen molar-refractivity contribution in [1.82, 2.24) is 15.0 Å². The molecule has 0 amide bonds. The molecule has 1 fully saturated rings. The predicted molar refractivity (Wildman–Crippen MR) is 140 cm³/mol. The van der Waals surface area contributed by atoms with E-state index in [4.69, 9.17) is 16.3 Å². The van der Waals surface area contributed by atoms with Gasteiger partial charge in [0.05, 0.1) is 30.1 Å². The second-order valence-electron chi connectivity index (χ2n) is 8.84. The monoisotopic (exact) mass is 602 g/mol. The van der Waals surface area contributed by atoms with Gasteiger partial charge in [-0.1, -0.05) is 17.7 Å². The van der Waals surface area contributed by atoms with Crippen LogP contribution in [0.3, 0.4) is 0 Å². The fraction of sp³-hybridized carbons (Fsp3) is 0.417. The molecule has 10 nitrogen and oxygen atoms in total. The lowest BCUT2D eigenvalue weighted by atomic mass is 9.82. The highest BCUT2D eigenvalue weighted by Gasteiger charge is 2.40. The number of carbonyl (C=O) groups excluding carboxylic acids is 2. The Hall–Kier alpha value is -2.94. The Labute approximate surface area is 232 Å². The van der Waals surface area contributed by atoms with E-state index >= 15 is 0 Å². The van der Waals surface area contributed by atoms with E-state index < -0.39 is 56.5 Å². The van der Waals surface area contributed by atoms with E-state index in [0.29, 0.717) is 29.4 Å². The molecule has 39 heavy (non-hydrogen) atoms. The maximum absolute atomic E-state index is 14.5. The minimum Gasteiger partial charge on any atom is -0.468 e. The van der Waals surface area contributed by atoms with Gasteiger partial charge in [0.2, 0.25) is 10.0 Å². The van der Waals surface area contributed by atoms with Crippen LogP contribution in [0.2, 0.25) is 5.02 Å². The number of methoxy groups -OCH3 is 2. The summed E-state index contributed by atoms with van der Waals surface area (Å²) in [5.41, 5.74) is 0.541. The molecule has 1 aromatic carbocycles. The molecular weight excluding hydrogens is 578 g/mol. The molecule has 0 radical (unpaired) electrons. The molecule has 4 rings (SSSR count). The van der Waals surface area contributed by atoms with Crippen LogP contribution in [-0.2, 0) is 29.1 Å². The lowest BCUT2D eigenvalue weighted by molar-refractivity contribution is -0.139. The number of benzene rings is 1. The third kappa shape index (κ3) is 6.13. The molecular formula is C24H25ClF2N4O6S2. The average Bonchev–Trinajstić information content (AvgIpc) is 3.49. The zero-order chi connectivity index (χ0) is 28.3. The van der Waals surface area contributed by atoms with Crippen LogP contribution in [0, 0.1) is 17.6 Å². The highest BCUT2D eigenvalue weighted by Crippen LogP contribution is 2.42. The fourth-order valence-corrected chi connectivity index (χ4v) is 6.95. The lowest BCUT2D eigenvalue weighted by Crippen LogP contribution is -2.42. The van der Waals surface area contributed by atoms with Crippen molar-refractivity contribution < 1.29 is 36.3 Å². The number of amidine groups is 1. The van der Waals surface area contributed by atoms with Crippen molar-refractivity contribution >= 4 is 50.7 Å². The first-order valence-electron chi connectivity index (χ1n) is 11.8. The second kappa shape index (κ2) is 12.1. The van der Waals surface area contributed by atoms with Gasteiger partial charge in [-0.2, -0.15) is 0 Å². The molecule has 1 aliphatic carbocycles. The summed E-state index contributed by atoms with van der Waals surface area (Å²) in [6.45, 7) is -0.470. The molecule has 15 heteroatoms. The molecule has 2 N–H and O–H groups in total. The average molecular weight is 603 g/mol. The molecule has 0 saturated heterocycles. The van der Waals surface area contributed by atoms with Crippen molar-refractivity contribution in [3.8, 4) is 0 Å². The van der Waals surface area contributed by atoms with Crippen LogP contribution in [0.4, 0.5) is 8.78 Å². The van der Waals surface area contributed by atoms with Gasteiger partial charge in [-0.3, -0.25) is 9.79 Å². The highest BCUT2D eigenvalue weighted by atomic mass is 35.5.